The Bertz CT molecular complexity index is 1230. The van der Waals surface area contributed by atoms with Crippen LogP contribution in [0.5, 0.6) is 0 Å². The van der Waals surface area contributed by atoms with Gasteiger partial charge < -0.3 is 5.32 Å². The molecule has 2 aromatic carbocycles. The lowest BCUT2D eigenvalue weighted by molar-refractivity contribution is -0.119. The summed E-state index contributed by atoms with van der Waals surface area (Å²) in [4.78, 5) is 30.4. The van der Waals surface area contributed by atoms with E-state index in [0.717, 1.165) is 24.6 Å². The van der Waals surface area contributed by atoms with Crippen molar-refractivity contribution in [1.82, 2.24) is 14.9 Å². The van der Waals surface area contributed by atoms with Crippen LogP contribution in [0.2, 0.25) is 5.02 Å². The number of nitrogens with one attached hydrogen (secondary N) is 1. The van der Waals surface area contributed by atoms with Gasteiger partial charge in [0.05, 0.1) is 28.4 Å². The van der Waals surface area contributed by atoms with E-state index in [9.17, 15) is 14.9 Å². The van der Waals surface area contributed by atoms with Gasteiger partial charge in [-0.25, -0.2) is 4.98 Å². The molecule has 1 aliphatic rings. The predicted octanol–water partition coefficient (Wildman–Crippen LogP) is 3.94. The van der Waals surface area contributed by atoms with Crippen LogP contribution in [0.3, 0.4) is 0 Å². The van der Waals surface area contributed by atoms with Crippen molar-refractivity contribution in [2.75, 3.05) is 5.75 Å². The monoisotopic (exact) mass is 438 g/mol. The van der Waals surface area contributed by atoms with Crippen LogP contribution in [0.4, 0.5) is 0 Å². The molecule has 0 radical (unpaired) electrons. The lowest BCUT2D eigenvalue weighted by Crippen LogP contribution is -2.47. The third-order valence-corrected chi connectivity index (χ3v) is 6.34. The maximum Gasteiger partial charge on any atom is 0.266 e. The van der Waals surface area contributed by atoms with Crippen LogP contribution in [-0.4, -0.2) is 26.8 Å². The van der Waals surface area contributed by atoms with Crippen LogP contribution in [0.25, 0.3) is 16.6 Å². The third kappa shape index (κ3) is 4.07. The minimum Gasteiger partial charge on any atom is -0.337 e. The average molecular weight is 439 g/mol. The maximum atomic E-state index is 13.2. The standard InChI is InChI=1S/C22H19ClN4O2S/c1-22(13-24,14-9-10-14)26-19(28)12-30-21-25-18-8-3-2-7-17(18)20(29)27(21)16-6-4-5-15(23)11-16/h2-8,11,14H,9-10,12H2,1H3,(H,26,28). The van der Waals surface area contributed by atoms with Crippen LogP contribution < -0.4 is 10.9 Å². The molecule has 30 heavy (non-hydrogen) atoms. The highest BCUT2D eigenvalue weighted by molar-refractivity contribution is 7.99. The van der Waals surface area contributed by atoms with E-state index in [4.69, 9.17) is 11.6 Å². The lowest BCUT2D eigenvalue weighted by Gasteiger charge is -2.22. The molecule has 8 heteroatoms. The fraction of sp³-hybridized carbons (Fsp3) is 0.273. The molecule has 0 bridgehead atoms. The fourth-order valence-corrected chi connectivity index (χ4v) is 4.39. The SMILES string of the molecule is CC(C#N)(NC(=O)CSc1nc2ccccc2c(=O)n1-c1cccc(Cl)c1)C1CC1. The van der Waals surface area contributed by atoms with E-state index in [1.807, 2.05) is 6.07 Å². The van der Waals surface area contributed by atoms with Crippen molar-refractivity contribution in [3.8, 4) is 11.8 Å². The number of fused-ring (bicyclic) bond motifs is 1. The Hall–Kier alpha value is -2.82. The molecule has 1 heterocycles. The van der Waals surface area contributed by atoms with Crippen molar-refractivity contribution < 1.29 is 4.79 Å². The van der Waals surface area contributed by atoms with Gasteiger partial charge in [-0.1, -0.05) is 41.6 Å². The molecule has 6 nitrogen and oxygen atoms in total. The number of rotatable bonds is 6. The first-order valence-electron chi connectivity index (χ1n) is 9.54. The second kappa shape index (κ2) is 8.13. The first-order valence-corrected chi connectivity index (χ1v) is 10.9. The van der Waals surface area contributed by atoms with Gasteiger partial charge in [-0.05, 0) is 56.0 Å². The summed E-state index contributed by atoms with van der Waals surface area (Å²) in [6, 6.07) is 16.3. The Labute approximate surface area is 182 Å². The Kier molecular flexibility index (Phi) is 5.54. The van der Waals surface area contributed by atoms with Gasteiger partial charge in [0.2, 0.25) is 5.91 Å². The molecule has 1 aliphatic carbocycles. The summed E-state index contributed by atoms with van der Waals surface area (Å²) < 4.78 is 1.47. The van der Waals surface area contributed by atoms with Crippen molar-refractivity contribution in [2.24, 2.45) is 5.92 Å². The molecular formula is C22H19ClN4O2S. The molecule has 4 rings (SSSR count). The number of aromatic nitrogens is 2. The number of nitrogens with zero attached hydrogens (tertiary/aromatic N) is 3. The summed E-state index contributed by atoms with van der Waals surface area (Å²) in [5.74, 6) is -0.0362. The van der Waals surface area contributed by atoms with Crippen LogP contribution >= 0.6 is 23.4 Å². The molecule has 1 aromatic heterocycles. The summed E-state index contributed by atoms with van der Waals surface area (Å²) in [5, 5.41) is 13.7. The molecule has 1 N–H and O–H groups in total. The molecule has 1 saturated carbocycles. The van der Waals surface area contributed by atoms with E-state index in [1.165, 1.54) is 4.57 Å². The van der Waals surface area contributed by atoms with Crippen molar-refractivity contribution in [2.45, 2.75) is 30.5 Å². The molecule has 3 aromatic rings. The normalized spacial score (nSPS) is 15.4. The second-order valence-corrected chi connectivity index (χ2v) is 8.84. The van der Waals surface area contributed by atoms with Crippen molar-refractivity contribution in [1.29, 1.82) is 5.26 Å². The number of hydrogen-bond acceptors (Lipinski definition) is 5. The minimum absolute atomic E-state index is 0.0370. The van der Waals surface area contributed by atoms with Crippen LogP contribution in [0, 0.1) is 17.2 Å². The number of benzene rings is 2. The number of para-hydroxylation sites is 1. The number of carbonyl (C=O) groups excluding carboxylic acids is 1. The topological polar surface area (TPSA) is 87.8 Å². The summed E-state index contributed by atoms with van der Waals surface area (Å²) in [5.41, 5.74) is 0.0452. The van der Waals surface area contributed by atoms with Crippen molar-refractivity contribution in [3.63, 3.8) is 0 Å². The van der Waals surface area contributed by atoms with E-state index in [-0.39, 0.29) is 23.1 Å². The summed E-state index contributed by atoms with van der Waals surface area (Å²) in [6.07, 6.45) is 1.88. The first-order chi connectivity index (χ1) is 14.4. The van der Waals surface area contributed by atoms with E-state index < -0.39 is 5.54 Å². The summed E-state index contributed by atoms with van der Waals surface area (Å²) >= 11 is 7.29. The largest absolute Gasteiger partial charge is 0.337 e. The fourth-order valence-electron chi connectivity index (χ4n) is 3.39. The molecule has 1 atom stereocenters. The molecule has 0 spiro atoms. The molecular weight excluding hydrogens is 420 g/mol. The van der Waals surface area contributed by atoms with Gasteiger partial charge in [-0.2, -0.15) is 5.26 Å². The average Bonchev–Trinajstić information content (AvgIpc) is 3.58. The summed E-state index contributed by atoms with van der Waals surface area (Å²) in [6.45, 7) is 1.75. The number of carbonyl (C=O) groups is 1. The highest BCUT2D eigenvalue weighted by Gasteiger charge is 2.43. The maximum absolute atomic E-state index is 13.2. The highest BCUT2D eigenvalue weighted by Crippen LogP contribution is 2.39. The minimum atomic E-state index is -0.860. The van der Waals surface area contributed by atoms with E-state index in [2.05, 4.69) is 16.4 Å². The molecule has 152 valence electrons. The van der Waals surface area contributed by atoms with Gasteiger partial charge in [0.1, 0.15) is 5.54 Å². The van der Waals surface area contributed by atoms with Gasteiger partial charge in [-0.15, -0.1) is 0 Å². The van der Waals surface area contributed by atoms with Gasteiger partial charge in [-0.3, -0.25) is 14.2 Å². The zero-order valence-corrected chi connectivity index (χ0v) is 17.8. The van der Waals surface area contributed by atoms with E-state index in [0.29, 0.717) is 26.8 Å². The van der Waals surface area contributed by atoms with E-state index >= 15 is 0 Å². The van der Waals surface area contributed by atoms with Crippen LogP contribution in [0.1, 0.15) is 19.8 Å². The number of hydrogen-bond donors (Lipinski definition) is 1. The van der Waals surface area contributed by atoms with Crippen molar-refractivity contribution >= 4 is 40.2 Å². The molecule has 1 fully saturated rings. The molecule has 1 unspecified atom stereocenters. The number of nitriles is 1. The zero-order valence-electron chi connectivity index (χ0n) is 16.3. The Morgan fingerprint density at radius 3 is 2.80 bits per heavy atom. The lowest BCUT2D eigenvalue weighted by atomic mass is 9.98. The Morgan fingerprint density at radius 2 is 2.10 bits per heavy atom. The van der Waals surface area contributed by atoms with Crippen molar-refractivity contribution in [3.05, 3.63) is 63.9 Å². The van der Waals surface area contributed by atoms with Crippen LogP contribution in [0.15, 0.2) is 58.5 Å². The Balaban J connectivity index is 1.67. The predicted molar refractivity (Wildman–Crippen MR) is 118 cm³/mol. The van der Waals surface area contributed by atoms with Gasteiger partial charge in [0.15, 0.2) is 5.16 Å². The number of thioether (sulfide) groups is 1. The van der Waals surface area contributed by atoms with Gasteiger partial charge >= 0.3 is 0 Å². The van der Waals surface area contributed by atoms with Gasteiger partial charge in [0.25, 0.3) is 5.56 Å². The quantitative estimate of drug-likeness (QED) is 0.465. The molecule has 0 saturated heterocycles. The molecule has 1 amide bonds. The number of halogens is 1. The Morgan fingerprint density at radius 1 is 1.33 bits per heavy atom. The van der Waals surface area contributed by atoms with Crippen LogP contribution in [-0.2, 0) is 4.79 Å². The summed E-state index contributed by atoms with van der Waals surface area (Å²) in [7, 11) is 0. The zero-order chi connectivity index (χ0) is 21.3. The van der Waals surface area contributed by atoms with Gasteiger partial charge in [0, 0.05) is 5.02 Å². The highest BCUT2D eigenvalue weighted by atomic mass is 35.5. The molecule has 0 aliphatic heterocycles. The number of amides is 1. The second-order valence-electron chi connectivity index (χ2n) is 7.46. The third-order valence-electron chi connectivity index (χ3n) is 5.17. The van der Waals surface area contributed by atoms with E-state index in [1.54, 1.807) is 49.4 Å². The smallest absolute Gasteiger partial charge is 0.266 e. The first kappa shape index (κ1) is 20.5.